The molecule has 1 N–H and O–H groups in total. The Balaban J connectivity index is 1.82. The Morgan fingerprint density at radius 2 is 2.05 bits per heavy atom. The zero-order valence-electron chi connectivity index (χ0n) is 11.2. The van der Waals surface area contributed by atoms with E-state index in [2.05, 4.69) is 17.4 Å². The number of fused-ring (bicyclic) bond motifs is 1. The van der Waals surface area contributed by atoms with E-state index in [1.54, 1.807) is 6.92 Å². The smallest absolute Gasteiger partial charge is 0.315 e. The summed E-state index contributed by atoms with van der Waals surface area (Å²) in [7, 11) is 0. The summed E-state index contributed by atoms with van der Waals surface area (Å²) in [6.07, 6.45) is 3.29. The van der Waals surface area contributed by atoms with Crippen molar-refractivity contribution in [3.05, 3.63) is 34.9 Å². The van der Waals surface area contributed by atoms with Gasteiger partial charge in [-0.1, -0.05) is 18.2 Å². The van der Waals surface area contributed by atoms with Crippen LogP contribution in [0, 0.1) is 0 Å². The van der Waals surface area contributed by atoms with Crippen LogP contribution in [0.5, 0.6) is 0 Å². The Kier molecular flexibility index (Phi) is 4.55. The first-order valence-corrected chi connectivity index (χ1v) is 6.72. The van der Waals surface area contributed by atoms with Gasteiger partial charge in [0.15, 0.2) is 0 Å². The van der Waals surface area contributed by atoms with Crippen LogP contribution in [0.4, 0.5) is 0 Å². The lowest BCUT2D eigenvalue weighted by atomic mass is 10.1. The van der Waals surface area contributed by atoms with Crippen molar-refractivity contribution in [1.82, 2.24) is 5.32 Å². The van der Waals surface area contributed by atoms with Crippen molar-refractivity contribution < 1.29 is 14.3 Å². The highest BCUT2D eigenvalue weighted by Crippen LogP contribution is 2.22. The van der Waals surface area contributed by atoms with Crippen molar-refractivity contribution >= 4 is 11.9 Å². The average molecular weight is 261 g/mol. The largest absolute Gasteiger partial charge is 0.466 e. The Labute approximate surface area is 113 Å². The first-order valence-electron chi connectivity index (χ1n) is 6.72. The summed E-state index contributed by atoms with van der Waals surface area (Å²) in [5, 5.41) is 2.74. The summed E-state index contributed by atoms with van der Waals surface area (Å²) < 4.78 is 4.73. The number of aryl methyl sites for hydroxylation is 2. The number of hydrogen-bond donors (Lipinski definition) is 1. The zero-order valence-corrected chi connectivity index (χ0v) is 11.2. The SMILES string of the molecule is CCOC(=O)CC(=O)NCc1ccc2c(c1)CCC2. The van der Waals surface area contributed by atoms with Gasteiger partial charge in [-0.2, -0.15) is 0 Å². The number of amides is 1. The topological polar surface area (TPSA) is 55.4 Å². The fourth-order valence-electron chi connectivity index (χ4n) is 2.34. The molecule has 1 aromatic rings. The van der Waals surface area contributed by atoms with Gasteiger partial charge in [0.2, 0.25) is 5.91 Å². The van der Waals surface area contributed by atoms with Crippen molar-refractivity contribution in [1.29, 1.82) is 0 Å². The Morgan fingerprint density at radius 1 is 1.26 bits per heavy atom. The maximum atomic E-state index is 11.5. The van der Waals surface area contributed by atoms with Crippen LogP contribution < -0.4 is 5.32 Å². The predicted molar refractivity (Wildman–Crippen MR) is 71.6 cm³/mol. The maximum absolute atomic E-state index is 11.5. The van der Waals surface area contributed by atoms with Gasteiger partial charge in [0, 0.05) is 6.54 Å². The fraction of sp³-hybridized carbons (Fsp3) is 0.467. The normalized spacial score (nSPS) is 12.9. The zero-order chi connectivity index (χ0) is 13.7. The van der Waals surface area contributed by atoms with E-state index in [0.29, 0.717) is 13.2 Å². The van der Waals surface area contributed by atoms with Crippen molar-refractivity contribution in [2.45, 2.75) is 39.2 Å². The van der Waals surface area contributed by atoms with Gasteiger partial charge in [-0.05, 0) is 42.9 Å². The fourth-order valence-corrected chi connectivity index (χ4v) is 2.34. The van der Waals surface area contributed by atoms with Crippen molar-refractivity contribution in [2.75, 3.05) is 6.61 Å². The number of nitrogens with one attached hydrogen (secondary N) is 1. The van der Waals surface area contributed by atoms with Crippen LogP contribution in [0.2, 0.25) is 0 Å². The van der Waals surface area contributed by atoms with E-state index in [-0.39, 0.29) is 12.3 Å². The molecule has 0 unspecified atom stereocenters. The molecule has 0 aliphatic heterocycles. The molecule has 0 saturated carbocycles. The first kappa shape index (κ1) is 13.6. The number of benzene rings is 1. The van der Waals surface area contributed by atoms with Gasteiger partial charge in [-0.15, -0.1) is 0 Å². The van der Waals surface area contributed by atoms with Crippen molar-refractivity contribution in [3.63, 3.8) is 0 Å². The monoisotopic (exact) mass is 261 g/mol. The quantitative estimate of drug-likeness (QED) is 0.649. The first-order chi connectivity index (χ1) is 9.19. The number of hydrogen-bond acceptors (Lipinski definition) is 3. The van der Waals surface area contributed by atoms with E-state index >= 15 is 0 Å². The van der Waals surface area contributed by atoms with Gasteiger partial charge in [0.1, 0.15) is 6.42 Å². The molecule has 0 radical (unpaired) electrons. The summed E-state index contributed by atoms with van der Waals surface area (Å²) in [6.45, 7) is 2.49. The van der Waals surface area contributed by atoms with Crippen LogP contribution in [-0.4, -0.2) is 18.5 Å². The standard InChI is InChI=1S/C15H19NO3/c1-2-19-15(18)9-14(17)16-10-11-6-7-12-4-3-5-13(12)8-11/h6-8H,2-5,9-10H2,1H3,(H,16,17). The Hall–Kier alpha value is -1.84. The molecule has 102 valence electrons. The van der Waals surface area contributed by atoms with Crippen LogP contribution in [-0.2, 0) is 33.7 Å². The van der Waals surface area contributed by atoms with Crippen molar-refractivity contribution in [3.8, 4) is 0 Å². The van der Waals surface area contributed by atoms with Gasteiger partial charge in [-0.3, -0.25) is 9.59 Å². The molecule has 1 amide bonds. The van der Waals surface area contributed by atoms with Gasteiger partial charge in [0.25, 0.3) is 0 Å². The maximum Gasteiger partial charge on any atom is 0.315 e. The molecule has 0 bridgehead atoms. The van der Waals surface area contributed by atoms with Crippen LogP contribution in [0.25, 0.3) is 0 Å². The highest BCUT2D eigenvalue weighted by atomic mass is 16.5. The second kappa shape index (κ2) is 6.36. The molecule has 0 atom stereocenters. The molecule has 1 aliphatic carbocycles. The third-order valence-corrected chi connectivity index (χ3v) is 3.26. The van der Waals surface area contributed by atoms with Gasteiger partial charge >= 0.3 is 5.97 Å². The highest BCUT2D eigenvalue weighted by molar-refractivity contribution is 5.94. The molecular weight excluding hydrogens is 242 g/mol. The third-order valence-electron chi connectivity index (χ3n) is 3.26. The van der Waals surface area contributed by atoms with Gasteiger partial charge < -0.3 is 10.1 Å². The number of carbonyl (C=O) groups excluding carboxylic acids is 2. The summed E-state index contributed by atoms with van der Waals surface area (Å²) in [5.41, 5.74) is 3.89. The number of ether oxygens (including phenoxy) is 1. The van der Waals surface area contributed by atoms with E-state index in [4.69, 9.17) is 4.74 Å². The van der Waals surface area contributed by atoms with Crippen LogP contribution in [0.15, 0.2) is 18.2 Å². The van der Waals surface area contributed by atoms with Crippen molar-refractivity contribution in [2.24, 2.45) is 0 Å². The second-order valence-corrected chi connectivity index (χ2v) is 4.72. The molecule has 19 heavy (non-hydrogen) atoms. The molecule has 0 aromatic heterocycles. The van der Waals surface area contributed by atoms with Crippen LogP contribution in [0.3, 0.4) is 0 Å². The minimum atomic E-state index is -0.478. The highest BCUT2D eigenvalue weighted by Gasteiger charge is 2.12. The molecule has 0 spiro atoms. The summed E-state index contributed by atoms with van der Waals surface area (Å²) in [6, 6.07) is 6.32. The molecule has 4 heteroatoms. The van der Waals surface area contributed by atoms with E-state index in [1.807, 2.05) is 6.07 Å². The van der Waals surface area contributed by atoms with Crippen LogP contribution in [0.1, 0.15) is 36.5 Å². The van der Waals surface area contributed by atoms with Gasteiger partial charge in [-0.25, -0.2) is 0 Å². The number of carbonyl (C=O) groups is 2. The number of rotatable bonds is 5. The Morgan fingerprint density at radius 3 is 2.84 bits per heavy atom. The molecule has 4 nitrogen and oxygen atoms in total. The van der Waals surface area contributed by atoms with E-state index < -0.39 is 5.97 Å². The lowest BCUT2D eigenvalue weighted by molar-refractivity contribution is -0.146. The molecular formula is C15H19NO3. The molecule has 0 heterocycles. The lowest BCUT2D eigenvalue weighted by Crippen LogP contribution is -2.26. The molecule has 0 saturated heterocycles. The minimum absolute atomic E-state index is 0.210. The molecule has 0 fully saturated rings. The third kappa shape index (κ3) is 3.81. The minimum Gasteiger partial charge on any atom is -0.466 e. The van der Waals surface area contributed by atoms with E-state index in [9.17, 15) is 9.59 Å². The molecule has 2 rings (SSSR count). The molecule has 1 aromatic carbocycles. The van der Waals surface area contributed by atoms with E-state index in [0.717, 1.165) is 18.4 Å². The lowest BCUT2D eigenvalue weighted by Gasteiger charge is -2.07. The number of esters is 1. The second-order valence-electron chi connectivity index (χ2n) is 4.72. The summed E-state index contributed by atoms with van der Waals surface area (Å²) >= 11 is 0. The van der Waals surface area contributed by atoms with Crippen LogP contribution >= 0.6 is 0 Å². The molecule has 1 aliphatic rings. The van der Waals surface area contributed by atoms with E-state index in [1.165, 1.54) is 17.5 Å². The predicted octanol–water partition coefficient (Wildman–Crippen LogP) is 1.74. The average Bonchev–Trinajstić information content (AvgIpc) is 2.83. The summed E-state index contributed by atoms with van der Waals surface area (Å²) in [5.74, 6) is -0.770. The Bertz CT molecular complexity index is 482. The summed E-state index contributed by atoms with van der Waals surface area (Å²) in [4.78, 5) is 22.7. The van der Waals surface area contributed by atoms with Gasteiger partial charge in [0.05, 0.1) is 6.61 Å².